The van der Waals surface area contributed by atoms with Crippen molar-refractivity contribution in [1.29, 1.82) is 0 Å². The third-order valence-electron chi connectivity index (χ3n) is 2.91. The first-order chi connectivity index (χ1) is 8.20. The minimum absolute atomic E-state index is 0.214. The molecule has 4 heteroatoms. The van der Waals surface area contributed by atoms with Gasteiger partial charge in [-0.05, 0) is 31.7 Å². The molecule has 17 heavy (non-hydrogen) atoms. The molecular formula is C13H18N4. The lowest BCUT2D eigenvalue weighted by molar-refractivity contribution is 0.560. The van der Waals surface area contributed by atoms with Gasteiger partial charge < -0.3 is 5.32 Å². The topological polar surface area (TPSA) is 42.7 Å². The molecule has 1 unspecified atom stereocenters. The highest BCUT2D eigenvalue weighted by molar-refractivity contribution is 5.22. The zero-order valence-corrected chi connectivity index (χ0v) is 10.5. The summed E-state index contributed by atoms with van der Waals surface area (Å²) in [7, 11) is 3.89. The fourth-order valence-corrected chi connectivity index (χ4v) is 1.98. The number of aryl methyl sites for hydroxylation is 2. The molecule has 0 bridgehead atoms. The fourth-order valence-electron chi connectivity index (χ4n) is 1.98. The number of hydrogen-bond acceptors (Lipinski definition) is 3. The molecule has 2 heterocycles. The van der Waals surface area contributed by atoms with Crippen LogP contribution in [0.4, 0.5) is 0 Å². The number of hydrogen-bond donors (Lipinski definition) is 1. The van der Waals surface area contributed by atoms with E-state index in [0.29, 0.717) is 0 Å². The Labute approximate surface area is 102 Å². The third-order valence-corrected chi connectivity index (χ3v) is 2.91. The number of pyridine rings is 1. The van der Waals surface area contributed by atoms with Crippen molar-refractivity contribution in [1.82, 2.24) is 20.1 Å². The first kappa shape index (κ1) is 11.8. The summed E-state index contributed by atoms with van der Waals surface area (Å²) in [5.41, 5.74) is 3.39. The smallest absolute Gasteiger partial charge is 0.0644 e. The highest BCUT2D eigenvalue weighted by Crippen LogP contribution is 2.18. The lowest BCUT2D eigenvalue weighted by Gasteiger charge is -2.16. The fraction of sp³-hybridized carbons (Fsp3) is 0.385. The first-order valence-corrected chi connectivity index (χ1v) is 5.78. The third kappa shape index (κ3) is 2.71. The highest BCUT2D eigenvalue weighted by Gasteiger charge is 2.14. The summed E-state index contributed by atoms with van der Waals surface area (Å²) < 4.78 is 1.83. The number of aromatic nitrogens is 3. The summed E-state index contributed by atoms with van der Waals surface area (Å²) in [6.45, 7) is 2.09. The molecule has 0 amide bonds. The average molecular weight is 230 g/mol. The SMILES string of the molecule is CNC(Cc1ccn(C)n1)c1ncccc1C. The summed E-state index contributed by atoms with van der Waals surface area (Å²) in [6.07, 6.45) is 4.66. The standard InChI is InChI=1S/C13H18N4/c1-10-5-4-7-15-13(10)12(14-2)9-11-6-8-17(3)16-11/h4-8,12,14H,9H2,1-3H3. The van der Waals surface area contributed by atoms with Crippen molar-refractivity contribution >= 4 is 0 Å². The van der Waals surface area contributed by atoms with E-state index in [1.54, 1.807) is 0 Å². The Morgan fingerprint density at radius 3 is 2.82 bits per heavy atom. The second-order valence-corrected chi connectivity index (χ2v) is 4.23. The minimum atomic E-state index is 0.214. The van der Waals surface area contributed by atoms with E-state index >= 15 is 0 Å². The molecule has 0 aromatic carbocycles. The Morgan fingerprint density at radius 1 is 1.41 bits per heavy atom. The highest BCUT2D eigenvalue weighted by atomic mass is 15.2. The van der Waals surface area contributed by atoms with Gasteiger partial charge in [0.05, 0.1) is 17.4 Å². The largest absolute Gasteiger partial charge is 0.311 e. The molecule has 2 aromatic heterocycles. The maximum Gasteiger partial charge on any atom is 0.0644 e. The van der Waals surface area contributed by atoms with Gasteiger partial charge in [-0.3, -0.25) is 9.67 Å². The van der Waals surface area contributed by atoms with Crippen LogP contribution in [0.5, 0.6) is 0 Å². The predicted octanol–water partition coefficient (Wildman–Crippen LogP) is 1.63. The van der Waals surface area contributed by atoms with E-state index in [-0.39, 0.29) is 6.04 Å². The Bertz CT molecular complexity index is 490. The van der Waals surface area contributed by atoms with Gasteiger partial charge in [-0.15, -0.1) is 0 Å². The van der Waals surface area contributed by atoms with Gasteiger partial charge in [0, 0.05) is 25.9 Å². The van der Waals surface area contributed by atoms with Crippen LogP contribution in [0.2, 0.25) is 0 Å². The molecule has 0 aliphatic rings. The number of nitrogens with zero attached hydrogens (tertiary/aromatic N) is 3. The second-order valence-electron chi connectivity index (χ2n) is 4.23. The molecule has 0 radical (unpaired) electrons. The van der Waals surface area contributed by atoms with E-state index < -0.39 is 0 Å². The molecule has 2 rings (SSSR count). The van der Waals surface area contributed by atoms with Gasteiger partial charge >= 0.3 is 0 Å². The molecule has 0 aliphatic heterocycles. The van der Waals surface area contributed by atoms with Gasteiger partial charge in [0.25, 0.3) is 0 Å². The first-order valence-electron chi connectivity index (χ1n) is 5.78. The van der Waals surface area contributed by atoms with Crippen LogP contribution in [0.3, 0.4) is 0 Å². The summed E-state index contributed by atoms with van der Waals surface area (Å²) in [6, 6.07) is 6.31. The lowest BCUT2D eigenvalue weighted by atomic mass is 10.0. The molecule has 2 aromatic rings. The van der Waals surface area contributed by atoms with Gasteiger partial charge in [-0.25, -0.2) is 0 Å². The summed E-state index contributed by atoms with van der Waals surface area (Å²) in [5.74, 6) is 0. The molecule has 0 aliphatic carbocycles. The molecule has 1 atom stereocenters. The number of likely N-dealkylation sites (N-methyl/N-ethyl adjacent to an activating group) is 1. The molecule has 0 saturated heterocycles. The summed E-state index contributed by atoms with van der Waals surface area (Å²) in [4.78, 5) is 4.46. The van der Waals surface area contributed by atoms with Crippen molar-refractivity contribution in [2.45, 2.75) is 19.4 Å². The van der Waals surface area contributed by atoms with Crippen molar-refractivity contribution in [2.24, 2.45) is 7.05 Å². The van der Waals surface area contributed by atoms with Crippen LogP contribution in [0.1, 0.15) is 23.0 Å². The summed E-state index contributed by atoms with van der Waals surface area (Å²) in [5, 5.41) is 7.71. The maximum atomic E-state index is 4.46. The predicted molar refractivity (Wildman–Crippen MR) is 67.7 cm³/mol. The molecule has 0 saturated carbocycles. The van der Waals surface area contributed by atoms with Crippen LogP contribution in [0.15, 0.2) is 30.6 Å². The van der Waals surface area contributed by atoms with Crippen molar-refractivity contribution in [2.75, 3.05) is 7.05 Å². The zero-order chi connectivity index (χ0) is 12.3. The lowest BCUT2D eigenvalue weighted by Crippen LogP contribution is -2.21. The number of nitrogens with one attached hydrogen (secondary N) is 1. The average Bonchev–Trinajstić information content (AvgIpc) is 2.73. The van der Waals surface area contributed by atoms with Crippen LogP contribution < -0.4 is 5.32 Å². The van der Waals surface area contributed by atoms with E-state index in [4.69, 9.17) is 0 Å². The van der Waals surface area contributed by atoms with E-state index in [1.807, 2.05) is 43.3 Å². The Hall–Kier alpha value is -1.68. The Balaban J connectivity index is 2.20. The second kappa shape index (κ2) is 5.10. The zero-order valence-electron chi connectivity index (χ0n) is 10.5. The molecule has 1 N–H and O–H groups in total. The monoisotopic (exact) mass is 230 g/mol. The molecular weight excluding hydrogens is 212 g/mol. The maximum absolute atomic E-state index is 4.46. The van der Waals surface area contributed by atoms with E-state index in [0.717, 1.165) is 17.8 Å². The van der Waals surface area contributed by atoms with Crippen LogP contribution in [-0.2, 0) is 13.5 Å². The Kier molecular flexibility index (Phi) is 3.54. The van der Waals surface area contributed by atoms with Crippen LogP contribution >= 0.6 is 0 Å². The van der Waals surface area contributed by atoms with Gasteiger partial charge in [-0.1, -0.05) is 6.07 Å². The molecule has 4 nitrogen and oxygen atoms in total. The van der Waals surface area contributed by atoms with E-state index in [1.165, 1.54) is 5.56 Å². The van der Waals surface area contributed by atoms with Gasteiger partial charge in [0.15, 0.2) is 0 Å². The minimum Gasteiger partial charge on any atom is -0.311 e. The van der Waals surface area contributed by atoms with Gasteiger partial charge in [0.2, 0.25) is 0 Å². The van der Waals surface area contributed by atoms with Gasteiger partial charge in [-0.2, -0.15) is 5.10 Å². The quantitative estimate of drug-likeness (QED) is 0.868. The molecule has 0 fully saturated rings. The van der Waals surface area contributed by atoms with Crippen LogP contribution in [-0.4, -0.2) is 21.8 Å². The van der Waals surface area contributed by atoms with E-state index in [9.17, 15) is 0 Å². The number of rotatable bonds is 4. The van der Waals surface area contributed by atoms with Crippen molar-refractivity contribution in [3.63, 3.8) is 0 Å². The summed E-state index contributed by atoms with van der Waals surface area (Å²) >= 11 is 0. The van der Waals surface area contributed by atoms with Crippen molar-refractivity contribution < 1.29 is 0 Å². The molecule has 0 spiro atoms. The van der Waals surface area contributed by atoms with Crippen molar-refractivity contribution in [3.8, 4) is 0 Å². The van der Waals surface area contributed by atoms with Crippen LogP contribution in [0.25, 0.3) is 0 Å². The van der Waals surface area contributed by atoms with Crippen LogP contribution in [0, 0.1) is 6.92 Å². The van der Waals surface area contributed by atoms with Crippen molar-refractivity contribution in [3.05, 3.63) is 47.5 Å². The van der Waals surface area contributed by atoms with Gasteiger partial charge in [0.1, 0.15) is 0 Å². The molecule has 90 valence electrons. The Morgan fingerprint density at radius 2 is 2.24 bits per heavy atom. The normalized spacial score (nSPS) is 12.6. The van der Waals surface area contributed by atoms with E-state index in [2.05, 4.69) is 28.4 Å².